The van der Waals surface area contributed by atoms with Gasteiger partial charge >= 0.3 is 30.2 Å². The molecule has 0 unspecified atom stereocenters. The quantitative estimate of drug-likeness (QED) is 0.806. The minimum Gasteiger partial charge on any atom is -0.364 e. The third-order valence-corrected chi connectivity index (χ3v) is 1.67. The standard InChI is InChI=1S/C6H2F11NO2/c7-2(1(18)19,4(10,11)12)20-6(16,17)3(8,9)5(13,14)15/h(H2,18,19)/t2-/m0/s1. The number of hydrogen-bond acceptors (Lipinski definition) is 2. The number of ether oxygens (including phenoxy) is 1. The average molecular weight is 329 g/mol. The molecular weight excluding hydrogens is 327 g/mol. The second-order valence-corrected chi connectivity index (χ2v) is 3.15. The predicted molar refractivity (Wildman–Crippen MR) is 36.1 cm³/mol. The zero-order valence-corrected chi connectivity index (χ0v) is 8.55. The van der Waals surface area contributed by atoms with Crippen LogP contribution in [0.4, 0.5) is 48.3 Å². The molecule has 0 aliphatic rings. The molecule has 0 bridgehead atoms. The number of primary amides is 1. The van der Waals surface area contributed by atoms with Crippen LogP contribution in [0, 0.1) is 0 Å². The topological polar surface area (TPSA) is 52.3 Å². The number of amides is 1. The second-order valence-electron chi connectivity index (χ2n) is 3.15. The minimum absolute atomic E-state index is 1.77. The van der Waals surface area contributed by atoms with Gasteiger partial charge in [-0.15, -0.1) is 0 Å². The summed E-state index contributed by atoms with van der Waals surface area (Å²) in [5.74, 6) is -16.8. The Morgan fingerprint density at radius 2 is 1.10 bits per heavy atom. The summed E-state index contributed by atoms with van der Waals surface area (Å²) in [5.41, 5.74) is 3.70. The van der Waals surface area contributed by atoms with Crippen molar-refractivity contribution in [1.82, 2.24) is 0 Å². The van der Waals surface area contributed by atoms with Gasteiger partial charge in [-0.2, -0.15) is 48.3 Å². The first-order valence-corrected chi connectivity index (χ1v) is 3.98. The Hall–Kier alpha value is -1.34. The fourth-order valence-corrected chi connectivity index (χ4v) is 0.654. The predicted octanol–water partition coefficient (Wildman–Crippen LogP) is 2.51. The van der Waals surface area contributed by atoms with Crippen LogP contribution in [-0.4, -0.2) is 36.1 Å². The Morgan fingerprint density at radius 3 is 1.30 bits per heavy atom. The average Bonchev–Trinajstić information content (AvgIpc) is 2.12. The Morgan fingerprint density at radius 1 is 0.750 bits per heavy atom. The van der Waals surface area contributed by atoms with E-state index in [0.29, 0.717) is 0 Å². The lowest BCUT2D eigenvalue weighted by Crippen LogP contribution is -2.62. The highest BCUT2D eigenvalue weighted by molar-refractivity contribution is 5.82. The van der Waals surface area contributed by atoms with Gasteiger partial charge in [0.1, 0.15) is 0 Å². The Labute approximate surface area is 101 Å². The molecule has 0 spiro atoms. The van der Waals surface area contributed by atoms with E-state index in [1.807, 2.05) is 0 Å². The number of halogens is 11. The number of rotatable bonds is 4. The summed E-state index contributed by atoms with van der Waals surface area (Å²) in [4.78, 5) is 10.1. The molecule has 3 nitrogen and oxygen atoms in total. The molecule has 0 aromatic carbocycles. The zero-order valence-electron chi connectivity index (χ0n) is 8.55. The number of carbonyl (C=O) groups excluding carboxylic acids is 1. The van der Waals surface area contributed by atoms with Gasteiger partial charge in [-0.1, -0.05) is 0 Å². The fourth-order valence-electron chi connectivity index (χ4n) is 0.654. The zero-order chi connectivity index (χ0) is 16.8. The van der Waals surface area contributed by atoms with Crippen molar-refractivity contribution in [2.75, 3.05) is 0 Å². The van der Waals surface area contributed by atoms with Crippen LogP contribution in [0.1, 0.15) is 0 Å². The molecule has 0 aromatic rings. The molecule has 2 N–H and O–H groups in total. The third kappa shape index (κ3) is 2.88. The minimum atomic E-state index is -7.21. The molecule has 0 saturated heterocycles. The number of nitrogens with two attached hydrogens (primary N) is 1. The molecule has 1 amide bonds. The van der Waals surface area contributed by atoms with E-state index in [9.17, 15) is 53.1 Å². The summed E-state index contributed by atoms with van der Waals surface area (Å²) >= 11 is 0. The lowest BCUT2D eigenvalue weighted by atomic mass is 10.2. The van der Waals surface area contributed by atoms with Gasteiger partial charge in [0.2, 0.25) is 0 Å². The van der Waals surface area contributed by atoms with Crippen LogP contribution in [-0.2, 0) is 9.53 Å². The number of hydrogen-bond donors (Lipinski definition) is 1. The maximum atomic E-state index is 12.8. The van der Waals surface area contributed by atoms with Crippen LogP contribution in [0.3, 0.4) is 0 Å². The molecule has 0 aromatic heterocycles. The Bertz CT molecular complexity index is 385. The van der Waals surface area contributed by atoms with Crippen LogP contribution in [0.15, 0.2) is 0 Å². The van der Waals surface area contributed by atoms with Gasteiger partial charge in [-0.25, -0.2) is 0 Å². The monoisotopic (exact) mass is 329 g/mol. The molecule has 0 saturated carbocycles. The number of alkyl halides is 11. The van der Waals surface area contributed by atoms with E-state index in [4.69, 9.17) is 0 Å². The van der Waals surface area contributed by atoms with Gasteiger partial charge in [0.05, 0.1) is 0 Å². The molecule has 20 heavy (non-hydrogen) atoms. The summed E-state index contributed by atoms with van der Waals surface area (Å²) in [6.45, 7) is 0. The highest BCUT2D eigenvalue weighted by atomic mass is 19.4. The first-order valence-electron chi connectivity index (χ1n) is 3.98. The van der Waals surface area contributed by atoms with E-state index in [0.717, 1.165) is 0 Å². The number of carbonyl (C=O) groups is 1. The van der Waals surface area contributed by atoms with Gasteiger partial charge in [-0.05, 0) is 0 Å². The summed E-state index contributed by atoms with van der Waals surface area (Å²) in [6.07, 6.45) is -20.9. The van der Waals surface area contributed by atoms with Crippen LogP contribution < -0.4 is 5.73 Å². The van der Waals surface area contributed by atoms with E-state index >= 15 is 0 Å². The van der Waals surface area contributed by atoms with Gasteiger partial charge in [-0.3, -0.25) is 9.53 Å². The first-order chi connectivity index (χ1) is 8.40. The highest BCUT2D eigenvalue weighted by Gasteiger charge is 2.79. The van der Waals surface area contributed by atoms with Crippen molar-refractivity contribution in [2.45, 2.75) is 30.2 Å². The molecule has 0 heterocycles. The Kier molecular flexibility index (Phi) is 4.29. The van der Waals surface area contributed by atoms with Gasteiger partial charge in [0, 0.05) is 0 Å². The summed E-state index contributed by atoms with van der Waals surface area (Å²) in [6, 6.07) is 0. The van der Waals surface area contributed by atoms with Gasteiger partial charge in [0.15, 0.2) is 0 Å². The van der Waals surface area contributed by atoms with Crippen molar-refractivity contribution in [1.29, 1.82) is 0 Å². The maximum absolute atomic E-state index is 12.8. The molecule has 0 aliphatic carbocycles. The van der Waals surface area contributed by atoms with Crippen molar-refractivity contribution < 1.29 is 57.8 Å². The van der Waals surface area contributed by atoms with Gasteiger partial charge < -0.3 is 5.73 Å². The van der Waals surface area contributed by atoms with Crippen LogP contribution >= 0.6 is 0 Å². The van der Waals surface area contributed by atoms with E-state index in [2.05, 4.69) is 5.73 Å². The second kappa shape index (κ2) is 4.60. The van der Waals surface area contributed by atoms with E-state index < -0.39 is 36.1 Å². The van der Waals surface area contributed by atoms with Crippen LogP contribution in [0.25, 0.3) is 0 Å². The highest BCUT2D eigenvalue weighted by Crippen LogP contribution is 2.50. The van der Waals surface area contributed by atoms with Crippen molar-refractivity contribution >= 4 is 5.91 Å². The molecule has 0 rings (SSSR count). The first kappa shape index (κ1) is 18.7. The van der Waals surface area contributed by atoms with Crippen molar-refractivity contribution in [3.8, 4) is 0 Å². The molecule has 0 fully saturated rings. The summed E-state index contributed by atoms with van der Waals surface area (Å²) < 4.78 is 134. The molecule has 14 heteroatoms. The molecule has 1 atom stereocenters. The SMILES string of the molecule is NC(=O)[C@](F)(OC(F)(F)C(F)(F)C(F)(F)F)C(F)(F)F. The lowest BCUT2D eigenvalue weighted by Gasteiger charge is -2.33. The summed E-state index contributed by atoms with van der Waals surface area (Å²) in [7, 11) is 0. The molecule has 0 aliphatic heterocycles. The molecule has 120 valence electrons. The van der Waals surface area contributed by atoms with Crippen molar-refractivity contribution in [3.05, 3.63) is 0 Å². The molecular formula is C6H2F11NO2. The van der Waals surface area contributed by atoms with Gasteiger partial charge in [0.25, 0.3) is 5.91 Å². The van der Waals surface area contributed by atoms with Crippen LogP contribution in [0.2, 0.25) is 0 Å². The smallest absolute Gasteiger partial charge is 0.364 e. The normalized spacial score (nSPS) is 17.8. The molecule has 0 radical (unpaired) electrons. The summed E-state index contributed by atoms with van der Waals surface area (Å²) in [5, 5.41) is 0. The van der Waals surface area contributed by atoms with Crippen LogP contribution in [0.5, 0.6) is 0 Å². The lowest BCUT2D eigenvalue weighted by molar-refractivity contribution is -0.472. The van der Waals surface area contributed by atoms with E-state index in [1.165, 1.54) is 0 Å². The van der Waals surface area contributed by atoms with E-state index in [1.54, 1.807) is 4.74 Å². The Balaban J connectivity index is 5.73. The van der Waals surface area contributed by atoms with Crippen molar-refractivity contribution in [2.24, 2.45) is 5.73 Å². The largest absolute Gasteiger partial charge is 0.462 e. The third-order valence-electron chi connectivity index (χ3n) is 1.67. The fraction of sp³-hybridized carbons (Fsp3) is 0.833. The maximum Gasteiger partial charge on any atom is 0.462 e. The van der Waals surface area contributed by atoms with Crippen molar-refractivity contribution in [3.63, 3.8) is 0 Å². The van der Waals surface area contributed by atoms with E-state index in [-0.39, 0.29) is 0 Å².